The zero-order valence-electron chi connectivity index (χ0n) is 13.3. The van der Waals surface area contributed by atoms with Crippen molar-refractivity contribution in [2.75, 3.05) is 25.0 Å². The molecule has 2 aromatic carbocycles. The van der Waals surface area contributed by atoms with Crippen molar-refractivity contribution in [3.63, 3.8) is 0 Å². The Bertz CT molecular complexity index is 857. The van der Waals surface area contributed by atoms with Crippen molar-refractivity contribution in [3.8, 4) is 0 Å². The van der Waals surface area contributed by atoms with Gasteiger partial charge >= 0.3 is 0 Å². The van der Waals surface area contributed by atoms with E-state index in [9.17, 15) is 17.6 Å². The summed E-state index contributed by atoms with van der Waals surface area (Å²) in [6.45, 7) is 0.727. The summed E-state index contributed by atoms with van der Waals surface area (Å²) in [7, 11) is -2.37. The lowest BCUT2D eigenvalue weighted by atomic mass is 10.2. The van der Waals surface area contributed by atoms with Crippen LogP contribution in [-0.2, 0) is 14.8 Å². The maximum Gasteiger partial charge on any atom is 0.261 e. The van der Waals surface area contributed by atoms with Crippen LogP contribution in [0.15, 0.2) is 47.4 Å². The molecule has 9 heteroatoms. The first kappa shape index (κ1) is 19.2. The van der Waals surface area contributed by atoms with Gasteiger partial charge in [-0.3, -0.25) is 9.52 Å². The molecule has 0 heterocycles. The van der Waals surface area contributed by atoms with Gasteiger partial charge in [0.25, 0.3) is 15.9 Å². The molecule has 134 valence electrons. The fraction of sp³-hybridized carbons (Fsp3) is 0.188. The van der Waals surface area contributed by atoms with Crippen molar-refractivity contribution in [2.24, 2.45) is 0 Å². The second kappa shape index (κ2) is 8.28. The first-order chi connectivity index (χ1) is 11.8. The van der Waals surface area contributed by atoms with Crippen molar-refractivity contribution in [1.29, 1.82) is 0 Å². The number of methoxy groups -OCH3 is 1. The molecular weight excluding hydrogens is 371 g/mol. The van der Waals surface area contributed by atoms with Crippen molar-refractivity contribution in [2.45, 2.75) is 4.90 Å². The Labute approximate surface area is 150 Å². The Morgan fingerprint density at radius 1 is 1.20 bits per heavy atom. The largest absolute Gasteiger partial charge is 0.383 e. The SMILES string of the molecule is COCCNC(=O)c1ccc(S(=O)(=O)Nc2ccc(F)c(Cl)c2)cc1. The van der Waals surface area contributed by atoms with E-state index in [1.807, 2.05) is 0 Å². The zero-order chi connectivity index (χ0) is 18.4. The highest BCUT2D eigenvalue weighted by atomic mass is 35.5. The molecule has 0 radical (unpaired) electrons. The van der Waals surface area contributed by atoms with Gasteiger partial charge in [0.15, 0.2) is 0 Å². The Morgan fingerprint density at radius 3 is 2.48 bits per heavy atom. The Hall–Kier alpha value is -2.16. The quantitative estimate of drug-likeness (QED) is 0.716. The van der Waals surface area contributed by atoms with Gasteiger partial charge in [-0.05, 0) is 42.5 Å². The van der Waals surface area contributed by atoms with Gasteiger partial charge < -0.3 is 10.1 Å². The Balaban J connectivity index is 2.11. The second-order valence-electron chi connectivity index (χ2n) is 5.01. The molecule has 0 saturated heterocycles. The van der Waals surface area contributed by atoms with Crippen molar-refractivity contribution < 1.29 is 22.3 Å². The van der Waals surface area contributed by atoms with E-state index in [0.717, 1.165) is 6.07 Å². The Morgan fingerprint density at radius 2 is 1.88 bits per heavy atom. The summed E-state index contributed by atoms with van der Waals surface area (Å²) < 4.78 is 44.9. The summed E-state index contributed by atoms with van der Waals surface area (Å²) in [6.07, 6.45) is 0. The molecule has 2 N–H and O–H groups in total. The summed E-state index contributed by atoms with van der Waals surface area (Å²) >= 11 is 5.63. The molecule has 1 amide bonds. The van der Waals surface area contributed by atoms with Crippen LogP contribution in [-0.4, -0.2) is 34.6 Å². The Kier molecular flexibility index (Phi) is 6.35. The number of carbonyl (C=O) groups excluding carboxylic acids is 1. The van der Waals surface area contributed by atoms with Crippen molar-refractivity contribution in [1.82, 2.24) is 5.32 Å². The van der Waals surface area contributed by atoms with Crippen LogP contribution >= 0.6 is 11.6 Å². The van der Waals surface area contributed by atoms with E-state index in [4.69, 9.17) is 16.3 Å². The van der Waals surface area contributed by atoms with Crippen LogP contribution in [0.3, 0.4) is 0 Å². The van der Waals surface area contributed by atoms with E-state index < -0.39 is 15.8 Å². The van der Waals surface area contributed by atoms with Crippen LogP contribution in [0.25, 0.3) is 0 Å². The first-order valence-corrected chi connectivity index (χ1v) is 9.04. The topological polar surface area (TPSA) is 84.5 Å². The van der Waals surface area contributed by atoms with E-state index in [1.54, 1.807) is 0 Å². The number of halogens is 2. The molecule has 0 aliphatic carbocycles. The van der Waals surface area contributed by atoms with Gasteiger partial charge in [0.2, 0.25) is 0 Å². The third kappa shape index (κ3) is 5.15. The lowest BCUT2D eigenvalue weighted by molar-refractivity contribution is 0.0937. The summed E-state index contributed by atoms with van der Waals surface area (Å²) in [5, 5.41) is 2.44. The molecule has 0 fully saturated rings. The van der Waals surface area contributed by atoms with E-state index in [-0.39, 0.29) is 21.5 Å². The summed E-state index contributed by atoms with van der Waals surface area (Å²) in [5.74, 6) is -0.979. The van der Waals surface area contributed by atoms with E-state index in [0.29, 0.717) is 18.7 Å². The molecule has 6 nitrogen and oxygen atoms in total. The minimum atomic E-state index is -3.89. The standard InChI is InChI=1S/C16H16ClFN2O4S/c1-24-9-8-19-16(21)11-2-5-13(6-3-11)25(22,23)20-12-4-7-15(18)14(17)10-12/h2-7,10,20H,8-9H2,1H3,(H,19,21). The third-order valence-electron chi connectivity index (χ3n) is 3.19. The van der Waals surface area contributed by atoms with Crippen LogP contribution in [0.2, 0.25) is 5.02 Å². The second-order valence-corrected chi connectivity index (χ2v) is 7.10. The van der Waals surface area contributed by atoms with Gasteiger partial charge in [-0.1, -0.05) is 11.6 Å². The fourth-order valence-corrected chi connectivity index (χ4v) is 3.16. The van der Waals surface area contributed by atoms with Gasteiger partial charge in [0, 0.05) is 19.2 Å². The summed E-state index contributed by atoms with van der Waals surface area (Å²) in [6, 6.07) is 8.90. The molecule has 0 unspecified atom stereocenters. The first-order valence-electron chi connectivity index (χ1n) is 7.18. The number of ether oxygens (including phenoxy) is 1. The lowest BCUT2D eigenvalue weighted by Crippen LogP contribution is -2.26. The molecule has 0 aliphatic heterocycles. The molecule has 0 aromatic heterocycles. The number of nitrogens with one attached hydrogen (secondary N) is 2. The molecule has 0 spiro atoms. The smallest absolute Gasteiger partial charge is 0.261 e. The van der Waals surface area contributed by atoms with Gasteiger partial charge in [-0.25, -0.2) is 12.8 Å². The maximum absolute atomic E-state index is 13.1. The summed E-state index contributed by atoms with van der Waals surface area (Å²) in [4.78, 5) is 11.8. The predicted octanol–water partition coefficient (Wildman–Crippen LogP) is 2.66. The number of rotatable bonds is 7. The molecule has 25 heavy (non-hydrogen) atoms. The van der Waals surface area contributed by atoms with Crippen molar-refractivity contribution in [3.05, 3.63) is 58.9 Å². The van der Waals surface area contributed by atoms with Crippen LogP contribution in [0.4, 0.5) is 10.1 Å². The molecule has 0 aliphatic rings. The molecule has 2 aromatic rings. The number of carbonyl (C=O) groups is 1. The zero-order valence-corrected chi connectivity index (χ0v) is 14.8. The lowest BCUT2D eigenvalue weighted by Gasteiger charge is -2.09. The average Bonchev–Trinajstić information content (AvgIpc) is 2.58. The van der Waals surface area contributed by atoms with Gasteiger partial charge in [-0.15, -0.1) is 0 Å². The van der Waals surface area contributed by atoms with E-state index in [1.165, 1.54) is 43.5 Å². The van der Waals surface area contributed by atoms with Gasteiger partial charge in [0.1, 0.15) is 5.82 Å². The third-order valence-corrected chi connectivity index (χ3v) is 4.88. The van der Waals surface area contributed by atoms with Crippen molar-refractivity contribution >= 4 is 33.2 Å². The molecule has 0 saturated carbocycles. The van der Waals surface area contributed by atoms with E-state index in [2.05, 4.69) is 10.0 Å². The van der Waals surface area contributed by atoms with Gasteiger partial charge in [-0.2, -0.15) is 0 Å². The van der Waals surface area contributed by atoms with Crippen LogP contribution in [0.5, 0.6) is 0 Å². The van der Waals surface area contributed by atoms with Crippen LogP contribution in [0.1, 0.15) is 10.4 Å². The normalized spacial score (nSPS) is 11.2. The monoisotopic (exact) mass is 386 g/mol. The highest BCUT2D eigenvalue weighted by molar-refractivity contribution is 7.92. The predicted molar refractivity (Wildman–Crippen MR) is 92.9 cm³/mol. The highest BCUT2D eigenvalue weighted by Crippen LogP contribution is 2.22. The number of hydrogen-bond acceptors (Lipinski definition) is 4. The maximum atomic E-state index is 13.1. The fourth-order valence-electron chi connectivity index (χ4n) is 1.93. The molecular formula is C16H16ClFN2O4S. The number of hydrogen-bond donors (Lipinski definition) is 2. The molecule has 2 rings (SSSR count). The average molecular weight is 387 g/mol. The number of anilines is 1. The number of benzene rings is 2. The minimum Gasteiger partial charge on any atom is -0.383 e. The number of sulfonamides is 1. The van der Waals surface area contributed by atoms with E-state index >= 15 is 0 Å². The molecule has 0 bridgehead atoms. The minimum absolute atomic E-state index is 0.0404. The number of amides is 1. The van der Waals surface area contributed by atoms with Gasteiger partial charge in [0.05, 0.1) is 22.2 Å². The highest BCUT2D eigenvalue weighted by Gasteiger charge is 2.16. The van der Waals surface area contributed by atoms with Crippen LogP contribution < -0.4 is 10.0 Å². The summed E-state index contributed by atoms with van der Waals surface area (Å²) in [5.41, 5.74) is 0.452. The molecule has 0 atom stereocenters. The van der Waals surface area contributed by atoms with Crippen LogP contribution in [0, 0.1) is 5.82 Å².